The summed E-state index contributed by atoms with van der Waals surface area (Å²) in [5.41, 5.74) is 5.73. The molecule has 21 heavy (non-hydrogen) atoms. The van der Waals surface area contributed by atoms with Crippen molar-refractivity contribution in [2.24, 2.45) is 0 Å². The number of rotatable bonds is 1. The first kappa shape index (κ1) is 14.6. The van der Waals surface area contributed by atoms with Crippen LogP contribution in [0.5, 0.6) is 0 Å². The van der Waals surface area contributed by atoms with Crippen LogP contribution in [-0.4, -0.2) is 6.54 Å². The molecule has 3 rings (SSSR count). The third kappa shape index (κ3) is 3.00. The minimum Gasteiger partial charge on any atom is -0.306 e. The van der Waals surface area contributed by atoms with Crippen molar-refractivity contribution >= 4 is 11.6 Å². The molecule has 0 aromatic heterocycles. The molecule has 1 N–H and O–H groups in total. The number of hydrogen-bond acceptors (Lipinski definition) is 1. The van der Waals surface area contributed by atoms with Crippen LogP contribution in [0.25, 0.3) is 0 Å². The van der Waals surface area contributed by atoms with E-state index in [2.05, 4.69) is 56.4 Å². The summed E-state index contributed by atoms with van der Waals surface area (Å²) in [5.74, 6) is 0. The molecule has 0 fully saturated rings. The molecule has 0 bridgehead atoms. The molecule has 2 aromatic carbocycles. The van der Waals surface area contributed by atoms with Crippen molar-refractivity contribution < 1.29 is 0 Å². The molecule has 0 aliphatic carbocycles. The molecular weight excluding hydrogens is 278 g/mol. The lowest BCUT2D eigenvalue weighted by molar-refractivity contribution is 0.555. The zero-order valence-electron chi connectivity index (χ0n) is 12.9. The monoisotopic (exact) mass is 299 g/mol. The van der Waals surface area contributed by atoms with E-state index >= 15 is 0 Å². The van der Waals surface area contributed by atoms with Gasteiger partial charge in [0.1, 0.15) is 0 Å². The summed E-state index contributed by atoms with van der Waals surface area (Å²) in [6, 6.07) is 15.4. The molecule has 2 aromatic rings. The van der Waals surface area contributed by atoms with Gasteiger partial charge in [-0.3, -0.25) is 0 Å². The number of fused-ring (bicyclic) bond motifs is 1. The van der Waals surface area contributed by atoms with Crippen LogP contribution >= 0.6 is 11.6 Å². The second kappa shape index (κ2) is 5.47. The Morgan fingerprint density at radius 2 is 1.76 bits per heavy atom. The van der Waals surface area contributed by atoms with Gasteiger partial charge in [-0.2, -0.15) is 0 Å². The summed E-state index contributed by atoms with van der Waals surface area (Å²) in [5, 5.41) is 4.44. The van der Waals surface area contributed by atoms with E-state index in [0.29, 0.717) is 0 Å². The normalized spacial score (nSPS) is 18.4. The van der Waals surface area contributed by atoms with E-state index in [1.54, 1.807) is 0 Å². The molecule has 1 heterocycles. The lowest BCUT2D eigenvalue weighted by atomic mass is 9.81. The standard InChI is InChI=1S/C19H22ClN/c1-19(2,3)15-7-4-13-10-11-21-18(17(13)12-15)14-5-8-16(20)9-6-14/h4-9,12,18,21H,10-11H2,1-3H3. The summed E-state index contributed by atoms with van der Waals surface area (Å²) < 4.78 is 0. The number of benzene rings is 2. The maximum absolute atomic E-state index is 6.02. The van der Waals surface area contributed by atoms with Gasteiger partial charge in [0, 0.05) is 11.6 Å². The van der Waals surface area contributed by atoms with E-state index in [9.17, 15) is 0 Å². The molecule has 1 aliphatic heterocycles. The summed E-state index contributed by atoms with van der Waals surface area (Å²) in [6.07, 6.45) is 1.10. The van der Waals surface area contributed by atoms with Gasteiger partial charge in [0.2, 0.25) is 0 Å². The summed E-state index contributed by atoms with van der Waals surface area (Å²) in [6.45, 7) is 7.82. The van der Waals surface area contributed by atoms with E-state index < -0.39 is 0 Å². The molecule has 0 saturated heterocycles. The van der Waals surface area contributed by atoms with Crippen LogP contribution in [0.2, 0.25) is 5.02 Å². The maximum atomic E-state index is 6.02. The molecule has 0 spiro atoms. The minimum atomic E-state index is 0.178. The predicted octanol–water partition coefficient (Wildman–Crippen LogP) is 4.87. The Labute approximate surface area is 132 Å². The molecule has 0 radical (unpaired) electrons. The van der Waals surface area contributed by atoms with Crippen LogP contribution in [0.3, 0.4) is 0 Å². The second-order valence-electron chi connectivity index (χ2n) is 6.85. The van der Waals surface area contributed by atoms with Gasteiger partial charge in [0.15, 0.2) is 0 Å². The lowest BCUT2D eigenvalue weighted by Gasteiger charge is -2.30. The highest BCUT2D eigenvalue weighted by molar-refractivity contribution is 6.30. The first-order chi connectivity index (χ1) is 9.95. The summed E-state index contributed by atoms with van der Waals surface area (Å²) >= 11 is 6.02. The van der Waals surface area contributed by atoms with Gasteiger partial charge in [0.05, 0.1) is 6.04 Å². The van der Waals surface area contributed by atoms with Crippen molar-refractivity contribution in [3.8, 4) is 0 Å². The Balaban J connectivity index is 2.05. The van der Waals surface area contributed by atoms with Crippen LogP contribution in [-0.2, 0) is 11.8 Å². The van der Waals surface area contributed by atoms with Crippen molar-refractivity contribution in [3.05, 3.63) is 69.7 Å². The largest absolute Gasteiger partial charge is 0.306 e. The fourth-order valence-electron chi connectivity index (χ4n) is 2.97. The van der Waals surface area contributed by atoms with E-state index in [-0.39, 0.29) is 11.5 Å². The topological polar surface area (TPSA) is 12.0 Å². The van der Waals surface area contributed by atoms with E-state index in [1.165, 1.54) is 22.3 Å². The Morgan fingerprint density at radius 1 is 1.05 bits per heavy atom. The third-order valence-corrected chi connectivity index (χ3v) is 4.52. The van der Waals surface area contributed by atoms with Gasteiger partial charge in [-0.25, -0.2) is 0 Å². The molecule has 0 saturated carbocycles. The number of halogens is 1. The molecule has 110 valence electrons. The van der Waals surface area contributed by atoms with Crippen molar-refractivity contribution in [1.82, 2.24) is 5.32 Å². The van der Waals surface area contributed by atoms with Gasteiger partial charge < -0.3 is 5.32 Å². The van der Waals surface area contributed by atoms with Crippen LogP contribution in [0.1, 0.15) is 49.1 Å². The van der Waals surface area contributed by atoms with Gasteiger partial charge >= 0.3 is 0 Å². The molecule has 1 aliphatic rings. The SMILES string of the molecule is CC(C)(C)c1ccc2c(c1)C(c1ccc(Cl)cc1)NCC2. The minimum absolute atomic E-state index is 0.178. The van der Waals surface area contributed by atoms with Crippen molar-refractivity contribution in [2.75, 3.05) is 6.54 Å². The van der Waals surface area contributed by atoms with Gasteiger partial charge in [-0.15, -0.1) is 0 Å². The fraction of sp³-hybridized carbons (Fsp3) is 0.368. The molecule has 2 heteroatoms. The average Bonchev–Trinajstić information content (AvgIpc) is 2.46. The average molecular weight is 300 g/mol. The Bertz CT molecular complexity index is 638. The van der Waals surface area contributed by atoms with Crippen LogP contribution in [0, 0.1) is 0 Å². The number of hydrogen-bond donors (Lipinski definition) is 1. The lowest BCUT2D eigenvalue weighted by Crippen LogP contribution is -2.31. The van der Waals surface area contributed by atoms with Crippen LogP contribution in [0.4, 0.5) is 0 Å². The molecule has 1 nitrogen and oxygen atoms in total. The maximum Gasteiger partial charge on any atom is 0.0579 e. The van der Waals surface area contributed by atoms with Gasteiger partial charge in [-0.1, -0.05) is 62.7 Å². The number of nitrogens with one attached hydrogen (secondary N) is 1. The Kier molecular flexibility index (Phi) is 3.81. The zero-order chi connectivity index (χ0) is 15.0. The highest BCUT2D eigenvalue weighted by atomic mass is 35.5. The quantitative estimate of drug-likeness (QED) is 0.792. The third-order valence-electron chi connectivity index (χ3n) is 4.27. The van der Waals surface area contributed by atoms with Crippen LogP contribution in [0.15, 0.2) is 42.5 Å². The molecule has 1 atom stereocenters. The van der Waals surface area contributed by atoms with E-state index in [0.717, 1.165) is 18.0 Å². The highest BCUT2D eigenvalue weighted by Crippen LogP contribution is 2.33. The summed E-state index contributed by atoms with van der Waals surface area (Å²) in [4.78, 5) is 0. The smallest absolute Gasteiger partial charge is 0.0579 e. The summed E-state index contributed by atoms with van der Waals surface area (Å²) in [7, 11) is 0. The van der Waals surface area contributed by atoms with Crippen molar-refractivity contribution in [3.63, 3.8) is 0 Å². The van der Waals surface area contributed by atoms with Crippen LogP contribution < -0.4 is 5.32 Å². The fourth-order valence-corrected chi connectivity index (χ4v) is 3.10. The van der Waals surface area contributed by atoms with E-state index in [4.69, 9.17) is 11.6 Å². The molecule has 1 unspecified atom stereocenters. The highest BCUT2D eigenvalue weighted by Gasteiger charge is 2.23. The predicted molar refractivity (Wildman–Crippen MR) is 90.1 cm³/mol. The Morgan fingerprint density at radius 3 is 2.43 bits per heavy atom. The second-order valence-corrected chi connectivity index (χ2v) is 7.29. The molecule has 0 amide bonds. The first-order valence-electron chi connectivity index (χ1n) is 7.57. The zero-order valence-corrected chi connectivity index (χ0v) is 13.7. The van der Waals surface area contributed by atoms with Crippen molar-refractivity contribution in [1.29, 1.82) is 0 Å². The van der Waals surface area contributed by atoms with Gasteiger partial charge in [-0.05, 0) is 46.2 Å². The molecular formula is C19H22ClN. The van der Waals surface area contributed by atoms with Gasteiger partial charge in [0.25, 0.3) is 0 Å². The van der Waals surface area contributed by atoms with Crippen molar-refractivity contribution in [2.45, 2.75) is 38.6 Å². The Hall–Kier alpha value is -1.31. The first-order valence-corrected chi connectivity index (χ1v) is 7.95. The van der Waals surface area contributed by atoms with E-state index in [1.807, 2.05) is 12.1 Å².